The second-order valence-electron chi connectivity index (χ2n) is 4.85. The van der Waals surface area contributed by atoms with Crippen LogP contribution in [-0.4, -0.2) is 26.3 Å². The van der Waals surface area contributed by atoms with Crippen molar-refractivity contribution in [2.45, 2.75) is 6.54 Å². The van der Waals surface area contributed by atoms with E-state index in [-0.39, 0.29) is 0 Å². The van der Waals surface area contributed by atoms with Crippen LogP contribution < -0.4 is 19.5 Å². The molecule has 0 saturated carbocycles. The zero-order chi connectivity index (χ0) is 16.2. The Morgan fingerprint density at radius 3 is 2.30 bits per heavy atom. The Bertz CT molecular complexity index is 755. The molecule has 2 aromatic carbocycles. The van der Waals surface area contributed by atoms with Crippen LogP contribution in [0.4, 0.5) is 6.01 Å². The molecule has 0 aliphatic heterocycles. The second-order valence-corrected chi connectivity index (χ2v) is 4.85. The van der Waals surface area contributed by atoms with Gasteiger partial charge in [-0.3, -0.25) is 0 Å². The normalized spacial score (nSPS) is 10.6. The Morgan fingerprint density at radius 1 is 1.00 bits per heavy atom. The Hall–Kier alpha value is -2.89. The number of oxazole rings is 1. The minimum atomic E-state index is 0.448. The fourth-order valence-electron chi connectivity index (χ4n) is 2.36. The van der Waals surface area contributed by atoms with Gasteiger partial charge in [0.25, 0.3) is 6.01 Å². The molecule has 0 aliphatic carbocycles. The van der Waals surface area contributed by atoms with Crippen molar-refractivity contribution in [1.29, 1.82) is 0 Å². The summed E-state index contributed by atoms with van der Waals surface area (Å²) in [4.78, 5) is 4.39. The SMILES string of the molecule is COc1cc(OC)c(CNc2nc3ccccc3o2)c(OC)c1. The smallest absolute Gasteiger partial charge is 0.295 e. The summed E-state index contributed by atoms with van der Waals surface area (Å²) in [6.45, 7) is 0.448. The molecule has 3 aromatic rings. The summed E-state index contributed by atoms with van der Waals surface area (Å²) in [5, 5.41) is 3.16. The number of fused-ring (bicyclic) bond motifs is 1. The van der Waals surface area contributed by atoms with Gasteiger partial charge in [-0.05, 0) is 12.1 Å². The zero-order valence-corrected chi connectivity index (χ0v) is 13.3. The molecule has 6 nitrogen and oxygen atoms in total. The van der Waals surface area contributed by atoms with E-state index in [0.717, 1.165) is 16.7 Å². The summed E-state index contributed by atoms with van der Waals surface area (Å²) >= 11 is 0. The number of aromatic nitrogens is 1. The van der Waals surface area contributed by atoms with E-state index < -0.39 is 0 Å². The topological polar surface area (TPSA) is 65.8 Å². The number of benzene rings is 2. The van der Waals surface area contributed by atoms with Gasteiger partial charge in [0.1, 0.15) is 22.8 Å². The van der Waals surface area contributed by atoms with Crippen molar-refractivity contribution in [2.24, 2.45) is 0 Å². The van der Waals surface area contributed by atoms with Crippen molar-refractivity contribution in [3.05, 3.63) is 42.0 Å². The molecular weight excluding hydrogens is 296 g/mol. The summed E-state index contributed by atoms with van der Waals surface area (Å²) in [5.74, 6) is 2.01. The molecule has 6 heteroatoms. The molecule has 0 fully saturated rings. The van der Waals surface area contributed by atoms with E-state index in [1.807, 2.05) is 36.4 Å². The monoisotopic (exact) mass is 314 g/mol. The summed E-state index contributed by atoms with van der Waals surface area (Å²) in [6, 6.07) is 11.7. The van der Waals surface area contributed by atoms with Crippen LogP contribution in [0.5, 0.6) is 17.2 Å². The van der Waals surface area contributed by atoms with Crippen LogP contribution in [0.2, 0.25) is 0 Å². The standard InChI is InChI=1S/C17H18N2O4/c1-20-11-8-15(21-2)12(16(9-11)22-3)10-18-17-19-13-6-4-5-7-14(13)23-17/h4-9H,10H2,1-3H3,(H,18,19). The molecule has 0 saturated heterocycles. The molecule has 0 bridgehead atoms. The van der Waals surface area contributed by atoms with Gasteiger partial charge in [-0.2, -0.15) is 4.98 Å². The molecule has 1 aromatic heterocycles. The maximum atomic E-state index is 5.65. The maximum absolute atomic E-state index is 5.65. The van der Waals surface area contributed by atoms with E-state index in [1.54, 1.807) is 21.3 Å². The van der Waals surface area contributed by atoms with E-state index in [0.29, 0.717) is 29.8 Å². The summed E-state index contributed by atoms with van der Waals surface area (Å²) < 4.78 is 21.8. The van der Waals surface area contributed by atoms with Crippen LogP contribution >= 0.6 is 0 Å². The highest BCUT2D eigenvalue weighted by Crippen LogP contribution is 2.34. The first-order valence-electron chi connectivity index (χ1n) is 7.13. The Morgan fingerprint density at radius 2 is 1.70 bits per heavy atom. The number of ether oxygens (including phenoxy) is 3. The third-order valence-corrected chi connectivity index (χ3v) is 3.53. The van der Waals surface area contributed by atoms with E-state index >= 15 is 0 Å². The largest absolute Gasteiger partial charge is 0.496 e. The average molecular weight is 314 g/mol. The fraction of sp³-hybridized carbons (Fsp3) is 0.235. The van der Waals surface area contributed by atoms with Gasteiger partial charge in [0.2, 0.25) is 0 Å². The minimum absolute atomic E-state index is 0.448. The van der Waals surface area contributed by atoms with Crippen LogP contribution in [0, 0.1) is 0 Å². The molecule has 0 radical (unpaired) electrons. The van der Waals surface area contributed by atoms with Gasteiger partial charge in [-0.15, -0.1) is 0 Å². The highest BCUT2D eigenvalue weighted by molar-refractivity contribution is 5.74. The quantitative estimate of drug-likeness (QED) is 0.751. The van der Waals surface area contributed by atoms with Crippen molar-refractivity contribution in [3.63, 3.8) is 0 Å². The highest BCUT2D eigenvalue weighted by Gasteiger charge is 2.14. The lowest BCUT2D eigenvalue weighted by Gasteiger charge is -2.15. The zero-order valence-electron chi connectivity index (χ0n) is 13.3. The maximum Gasteiger partial charge on any atom is 0.295 e. The van der Waals surface area contributed by atoms with Gasteiger partial charge in [-0.1, -0.05) is 12.1 Å². The lowest BCUT2D eigenvalue weighted by Crippen LogP contribution is -2.05. The minimum Gasteiger partial charge on any atom is -0.496 e. The van der Waals surface area contributed by atoms with Crippen molar-refractivity contribution in [2.75, 3.05) is 26.6 Å². The summed E-state index contributed by atoms with van der Waals surface area (Å²) in [7, 11) is 4.82. The van der Waals surface area contributed by atoms with Crippen LogP contribution in [-0.2, 0) is 6.54 Å². The number of rotatable bonds is 6. The molecule has 23 heavy (non-hydrogen) atoms. The third-order valence-electron chi connectivity index (χ3n) is 3.53. The average Bonchev–Trinajstić information content (AvgIpc) is 3.01. The molecule has 3 rings (SSSR count). The van der Waals surface area contributed by atoms with Gasteiger partial charge >= 0.3 is 0 Å². The predicted octanol–water partition coefficient (Wildman–Crippen LogP) is 3.47. The molecule has 0 unspecified atom stereocenters. The molecule has 1 N–H and O–H groups in total. The Kier molecular flexibility index (Phi) is 4.23. The number of nitrogens with zero attached hydrogens (tertiary/aromatic N) is 1. The molecule has 0 spiro atoms. The lowest BCUT2D eigenvalue weighted by molar-refractivity contribution is 0.369. The number of methoxy groups -OCH3 is 3. The van der Waals surface area contributed by atoms with Crippen molar-refractivity contribution >= 4 is 17.1 Å². The highest BCUT2D eigenvalue weighted by atomic mass is 16.5. The van der Waals surface area contributed by atoms with Crippen molar-refractivity contribution in [3.8, 4) is 17.2 Å². The molecule has 120 valence electrons. The number of hydrogen-bond acceptors (Lipinski definition) is 6. The van der Waals surface area contributed by atoms with E-state index in [4.69, 9.17) is 18.6 Å². The van der Waals surface area contributed by atoms with E-state index in [2.05, 4.69) is 10.3 Å². The summed E-state index contributed by atoms with van der Waals surface area (Å²) in [6.07, 6.45) is 0. The molecule has 0 atom stereocenters. The molecular formula is C17H18N2O4. The molecule has 0 amide bonds. The van der Waals surface area contributed by atoms with Crippen LogP contribution in [0.15, 0.2) is 40.8 Å². The van der Waals surface area contributed by atoms with Gasteiger partial charge in [0.05, 0.1) is 33.4 Å². The summed E-state index contributed by atoms with van der Waals surface area (Å²) in [5.41, 5.74) is 2.41. The lowest BCUT2D eigenvalue weighted by atomic mass is 10.1. The van der Waals surface area contributed by atoms with E-state index in [9.17, 15) is 0 Å². The van der Waals surface area contributed by atoms with Gasteiger partial charge in [0.15, 0.2) is 5.58 Å². The number of hydrogen-bond donors (Lipinski definition) is 1. The first kappa shape index (κ1) is 15.0. The molecule has 0 aliphatic rings. The van der Waals surface area contributed by atoms with Crippen LogP contribution in [0.1, 0.15) is 5.56 Å². The Labute approximate surface area is 134 Å². The second kappa shape index (κ2) is 6.48. The van der Waals surface area contributed by atoms with Crippen LogP contribution in [0.3, 0.4) is 0 Å². The third kappa shape index (κ3) is 3.01. The predicted molar refractivity (Wildman–Crippen MR) is 87.4 cm³/mol. The van der Waals surface area contributed by atoms with Crippen molar-refractivity contribution < 1.29 is 18.6 Å². The van der Waals surface area contributed by atoms with Gasteiger partial charge in [0, 0.05) is 12.1 Å². The first-order chi connectivity index (χ1) is 11.2. The first-order valence-corrected chi connectivity index (χ1v) is 7.13. The fourth-order valence-corrected chi connectivity index (χ4v) is 2.36. The van der Waals surface area contributed by atoms with Gasteiger partial charge in [-0.25, -0.2) is 0 Å². The number of anilines is 1. The van der Waals surface area contributed by atoms with E-state index in [1.165, 1.54) is 0 Å². The number of nitrogens with one attached hydrogen (secondary N) is 1. The van der Waals surface area contributed by atoms with Crippen molar-refractivity contribution in [1.82, 2.24) is 4.98 Å². The molecule has 1 heterocycles. The number of para-hydroxylation sites is 2. The van der Waals surface area contributed by atoms with Crippen LogP contribution in [0.25, 0.3) is 11.1 Å². The Balaban J connectivity index is 1.86. The van der Waals surface area contributed by atoms with Gasteiger partial charge < -0.3 is 23.9 Å².